The van der Waals surface area contributed by atoms with Crippen LogP contribution < -0.4 is 11.1 Å². The van der Waals surface area contributed by atoms with E-state index in [-0.39, 0.29) is 23.2 Å². The van der Waals surface area contributed by atoms with Crippen LogP contribution in [0.1, 0.15) is 42.3 Å². The summed E-state index contributed by atoms with van der Waals surface area (Å²) in [5, 5.41) is 14.5. The second-order valence-electron chi connectivity index (χ2n) is 6.61. The lowest BCUT2D eigenvalue weighted by atomic mass is 9.86. The first-order valence-electron chi connectivity index (χ1n) is 7.60. The minimum absolute atomic E-state index is 0.0502. The number of carbonyl (C=O) groups is 1. The van der Waals surface area contributed by atoms with Gasteiger partial charge in [-0.2, -0.15) is 0 Å². The average Bonchev–Trinajstić information content (AvgIpc) is 2.52. The lowest BCUT2D eigenvalue weighted by molar-refractivity contribution is -0.385. The number of rotatable bonds is 5. The first kappa shape index (κ1) is 17.5. The van der Waals surface area contributed by atoms with E-state index in [1.165, 1.54) is 12.1 Å². The van der Waals surface area contributed by atoms with Crippen LogP contribution in [0.3, 0.4) is 0 Å². The number of nitro benzene ring substituents is 1. The number of benzene rings is 2. The molecule has 0 aliphatic heterocycles. The van der Waals surface area contributed by atoms with Gasteiger partial charge in [0.15, 0.2) is 0 Å². The van der Waals surface area contributed by atoms with E-state index in [4.69, 9.17) is 5.73 Å². The van der Waals surface area contributed by atoms with Crippen LogP contribution in [0, 0.1) is 10.1 Å². The topological polar surface area (TPSA) is 98.3 Å². The third-order valence-electron chi connectivity index (χ3n) is 3.77. The van der Waals surface area contributed by atoms with Crippen molar-refractivity contribution >= 4 is 17.3 Å². The van der Waals surface area contributed by atoms with Crippen molar-refractivity contribution in [3.05, 3.63) is 69.3 Å². The van der Waals surface area contributed by atoms with Gasteiger partial charge in [-0.3, -0.25) is 14.9 Å². The lowest BCUT2D eigenvalue weighted by Gasteiger charge is -2.23. The molecule has 0 heterocycles. The molecular formula is C18H21N3O3. The Labute approximate surface area is 140 Å². The maximum absolute atomic E-state index is 11.3. The largest absolute Gasteiger partial charge is 0.380 e. The van der Waals surface area contributed by atoms with Crippen molar-refractivity contribution in [2.24, 2.45) is 5.73 Å². The molecule has 0 bridgehead atoms. The van der Waals surface area contributed by atoms with E-state index < -0.39 is 10.8 Å². The van der Waals surface area contributed by atoms with Crippen LogP contribution in [0.25, 0.3) is 0 Å². The summed E-state index contributed by atoms with van der Waals surface area (Å²) in [4.78, 5) is 22.0. The molecule has 0 radical (unpaired) electrons. The number of para-hydroxylation sites is 1. The molecule has 6 nitrogen and oxygen atoms in total. The van der Waals surface area contributed by atoms with Gasteiger partial charge in [0.2, 0.25) is 5.91 Å². The molecule has 2 aromatic carbocycles. The number of nitro groups is 1. The van der Waals surface area contributed by atoms with Crippen LogP contribution in [0.4, 0.5) is 11.4 Å². The van der Waals surface area contributed by atoms with Gasteiger partial charge in [0.25, 0.3) is 5.69 Å². The van der Waals surface area contributed by atoms with Crippen LogP contribution in [0.2, 0.25) is 0 Å². The normalized spacial score (nSPS) is 11.1. The van der Waals surface area contributed by atoms with Crippen molar-refractivity contribution in [3.63, 3.8) is 0 Å². The van der Waals surface area contributed by atoms with Crippen molar-refractivity contribution in [3.8, 4) is 0 Å². The number of hydrogen-bond donors (Lipinski definition) is 2. The van der Waals surface area contributed by atoms with E-state index in [0.717, 1.165) is 11.3 Å². The fourth-order valence-corrected chi connectivity index (χ4v) is 2.52. The quantitative estimate of drug-likeness (QED) is 0.647. The number of nitrogens with zero attached hydrogens (tertiary/aromatic N) is 1. The average molecular weight is 327 g/mol. The van der Waals surface area contributed by atoms with E-state index >= 15 is 0 Å². The Morgan fingerprint density at radius 1 is 1.21 bits per heavy atom. The van der Waals surface area contributed by atoms with Crippen LogP contribution in [0.5, 0.6) is 0 Å². The van der Waals surface area contributed by atoms with Gasteiger partial charge in [-0.15, -0.1) is 0 Å². The lowest BCUT2D eigenvalue weighted by Crippen LogP contribution is -2.15. The highest BCUT2D eigenvalue weighted by atomic mass is 16.6. The molecule has 0 aliphatic rings. The predicted molar refractivity (Wildman–Crippen MR) is 94.1 cm³/mol. The Hall–Kier alpha value is -2.89. The Kier molecular flexibility index (Phi) is 4.87. The molecule has 0 fully saturated rings. The molecule has 24 heavy (non-hydrogen) atoms. The van der Waals surface area contributed by atoms with Crippen LogP contribution in [0.15, 0.2) is 42.5 Å². The number of primary amides is 1. The highest BCUT2D eigenvalue weighted by molar-refractivity contribution is 5.93. The van der Waals surface area contributed by atoms with Gasteiger partial charge in [0.05, 0.1) is 4.92 Å². The minimum Gasteiger partial charge on any atom is -0.380 e. The van der Waals surface area contributed by atoms with E-state index in [9.17, 15) is 14.9 Å². The summed E-state index contributed by atoms with van der Waals surface area (Å²) in [6.45, 7) is 6.61. The summed E-state index contributed by atoms with van der Waals surface area (Å²) in [6, 6.07) is 12.1. The monoisotopic (exact) mass is 327 g/mol. The zero-order valence-electron chi connectivity index (χ0n) is 14.0. The van der Waals surface area contributed by atoms with Crippen molar-refractivity contribution in [2.75, 3.05) is 5.32 Å². The molecule has 0 atom stereocenters. The Balaban J connectivity index is 2.31. The molecule has 0 unspecified atom stereocenters. The second kappa shape index (κ2) is 6.70. The van der Waals surface area contributed by atoms with Gasteiger partial charge in [-0.25, -0.2) is 0 Å². The third kappa shape index (κ3) is 3.90. The van der Waals surface area contributed by atoms with Crippen molar-refractivity contribution in [1.82, 2.24) is 0 Å². The molecule has 3 N–H and O–H groups in total. The predicted octanol–water partition coefficient (Wildman–Crippen LogP) is 3.60. The van der Waals surface area contributed by atoms with E-state index in [0.29, 0.717) is 5.56 Å². The Morgan fingerprint density at radius 3 is 2.46 bits per heavy atom. The Morgan fingerprint density at radius 2 is 1.88 bits per heavy atom. The van der Waals surface area contributed by atoms with Crippen molar-refractivity contribution < 1.29 is 9.72 Å². The minimum atomic E-state index is -0.685. The summed E-state index contributed by atoms with van der Waals surface area (Å²) in [6.07, 6.45) is 0. The third-order valence-corrected chi connectivity index (χ3v) is 3.77. The van der Waals surface area contributed by atoms with Gasteiger partial charge in [0, 0.05) is 29.4 Å². The van der Waals surface area contributed by atoms with Crippen molar-refractivity contribution in [2.45, 2.75) is 32.7 Å². The highest BCUT2D eigenvalue weighted by Crippen LogP contribution is 2.30. The van der Waals surface area contributed by atoms with E-state index in [2.05, 4.69) is 26.1 Å². The molecule has 126 valence electrons. The number of carbonyl (C=O) groups excluding carboxylic acids is 1. The standard InChI is InChI=1S/C18H21N3O3/c1-18(2,3)14-6-4-5-7-15(14)20-11-13-9-8-12(17(19)22)10-16(13)21(23)24/h4-10,20H,11H2,1-3H3,(H2,19,22). The van der Waals surface area contributed by atoms with Crippen LogP contribution >= 0.6 is 0 Å². The van der Waals surface area contributed by atoms with Gasteiger partial charge in [-0.1, -0.05) is 39.0 Å². The maximum atomic E-state index is 11.3. The maximum Gasteiger partial charge on any atom is 0.275 e. The number of anilines is 1. The molecule has 0 aliphatic carbocycles. The molecule has 0 aromatic heterocycles. The van der Waals surface area contributed by atoms with Crippen molar-refractivity contribution in [1.29, 1.82) is 0 Å². The summed E-state index contributed by atoms with van der Waals surface area (Å²) in [7, 11) is 0. The summed E-state index contributed by atoms with van der Waals surface area (Å²) >= 11 is 0. The number of nitrogens with two attached hydrogens (primary N) is 1. The molecule has 6 heteroatoms. The van der Waals surface area contributed by atoms with Crippen LogP contribution in [-0.4, -0.2) is 10.8 Å². The molecule has 0 spiro atoms. The summed E-state index contributed by atoms with van der Waals surface area (Å²) < 4.78 is 0. The molecule has 2 aromatic rings. The Bertz CT molecular complexity index is 779. The fourth-order valence-electron chi connectivity index (χ4n) is 2.52. The van der Waals surface area contributed by atoms with Crippen LogP contribution in [-0.2, 0) is 12.0 Å². The molecular weight excluding hydrogens is 306 g/mol. The SMILES string of the molecule is CC(C)(C)c1ccccc1NCc1ccc(C(N)=O)cc1[N+](=O)[O-]. The molecule has 2 rings (SSSR count). The van der Waals surface area contributed by atoms with Gasteiger partial charge >= 0.3 is 0 Å². The zero-order valence-corrected chi connectivity index (χ0v) is 14.0. The van der Waals surface area contributed by atoms with Gasteiger partial charge < -0.3 is 11.1 Å². The number of amides is 1. The van der Waals surface area contributed by atoms with Gasteiger partial charge in [0.1, 0.15) is 0 Å². The first-order valence-corrected chi connectivity index (χ1v) is 7.60. The number of nitrogens with one attached hydrogen (secondary N) is 1. The second-order valence-corrected chi connectivity index (χ2v) is 6.61. The summed E-state index contributed by atoms with van der Waals surface area (Å²) in [5.74, 6) is -0.685. The zero-order chi connectivity index (χ0) is 17.9. The fraction of sp³-hybridized carbons (Fsp3) is 0.278. The summed E-state index contributed by atoms with van der Waals surface area (Å²) in [5.41, 5.74) is 7.69. The number of hydrogen-bond acceptors (Lipinski definition) is 4. The molecule has 0 saturated heterocycles. The van der Waals surface area contributed by atoms with E-state index in [1.807, 2.05) is 24.3 Å². The first-order chi connectivity index (χ1) is 11.2. The molecule has 1 amide bonds. The highest BCUT2D eigenvalue weighted by Gasteiger charge is 2.19. The van der Waals surface area contributed by atoms with E-state index in [1.54, 1.807) is 6.07 Å². The molecule has 0 saturated carbocycles. The van der Waals surface area contributed by atoms with Gasteiger partial charge in [-0.05, 0) is 29.2 Å². The smallest absolute Gasteiger partial charge is 0.275 e.